The highest BCUT2D eigenvalue weighted by atomic mass is 32.1. The van der Waals surface area contributed by atoms with Crippen molar-refractivity contribution >= 4 is 49.5 Å². The molecule has 1 amide bonds. The highest BCUT2D eigenvalue weighted by Gasteiger charge is 2.07. The van der Waals surface area contributed by atoms with E-state index in [9.17, 15) is 4.79 Å². The summed E-state index contributed by atoms with van der Waals surface area (Å²) in [5.41, 5.74) is 1.26. The molecule has 2 nitrogen and oxygen atoms in total. The van der Waals surface area contributed by atoms with Crippen molar-refractivity contribution in [3.8, 4) is 0 Å². The molecule has 0 heterocycles. The van der Waals surface area contributed by atoms with Gasteiger partial charge in [0.1, 0.15) is 0 Å². The van der Waals surface area contributed by atoms with Crippen LogP contribution in [-0.4, -0.2) is 5.91 Å². The third-order valence-corrected chi connectivity index (χ3v) is 3.10. The van der Waals surface area contributed by atoms with Crippen LogP contribution in [0.2, 0.25) is 0 Å². The summed E-state index contributed by atoms with van der Waals surface area (Å²) in [6.45, 7) is 0. The number of benzene rings is 2. The highest BCUT2D eigenvalue weighted by Crippen LogP contribution is 2.18. The van der Waals surface area contributed by atoms with E-state index in [4.69, 9.17) is 0 Å². The minimum absolute atomic E-state index is 0.187. The fourth-order valence-electron chi connectivity index (χ4n) is 1.47. The topological polar surface area (TPSA) is 29.1 Å². The SMILES string of the molecule is O=C(Nc1ccc(S)cc1)c1cc(S)cc(S)c1. The van der Waals surface area contributed by atoms with Crippen molar-refractivity contribution in [3.63, 3.8) is 0 Å². The molecular formula is C13H11NOS3. The highest BCUT2D eigenvalue weighted by molar-refractivity contribution is 7.81. The molecule has 0 aromatic heterocycles. The van der Waals surface area contributed by atoms with E-state index < -0.39 is 0 Å². The molecule has 2 aromatic carbocycles. The smallest absolute Gasteiger partial charge is 0.255 e. The Kier molecular flexibility index (Phi) is 4.27. The van der Waals surface area contributed by atoms with Crippen LogP contribution < -0.4 is 5.32 Å². The van der Waals surface area contributed by atoms with Gasteiger partial charge in [-0.15, -0.1) is 37.9 Å². The largest absolute Gasteiger partial charge is 0.322 e. The molecule has 0 radical (unpaired) electrons. The van der Waals surface area contributed by atoms with Gasteiger partial charge in [-0.3, -0.25) is 4.79 Å². The maximum absolute atomic E-state index is 12.0. The maximum atomic E-state index is 12.0. The lowest BCUT2D eigenvalue weighted by atomic mass is 10.2. The Bertz CT molecular complexity index is 561. The fraction of sp³-hybridized carbons (Fsp3) is 0. The Hall–Kier alpha value is -1.04. The van der Waals surface area contributed by atoms with Gasteiger partial charge >= 0.3 is 0 Å². The van der Waals surface area contributed by atoms with Crippen LogP contribution in [0.5, 0.6) is 0 Å². The molecule has 0 bridgehead atoms. The molecule has 1 N–H and O–H groups in total. The van der Waals surface area contributed by atoms with E-state index >= 15 is 0 Å². The normalized spacial score (nSPS) is 10.2. The van der Waals surface area contributed by atoms with Gasteiger partial charge in [0.05, 0.1) is 0 Å². The van der Waals surface area contributed by atoms with Gasteiger partial charge in [-0.05, 0) is 42.5 Å². The van der Waals surface area contributed by atoms with Gasteiger partial charge in [-0.2, -0.15) is 0 Å². The minimum atomic E-state index is -0.187. The molecule has 0 saturated heterocycles. The summed E-state index contributed by atoms with van der Waals surface area (Å²) >= 11 is 12.6. The van der Waals surface area contributed by atoms with Crippen molar-refractivity contribution in [2.24, 2.45) is 0 Å². The molecule has 18 heavy (non-hydrogen) atoms. The molecule has 0 aliphatic rings. The molecule has 0 aliphatic heterocycles. The summed E-state index contributed by atoms with van der Waals surface area (Å²) in [5, 5.41) is 2.80. The number of thiol groups is 3. The third kappa shape index (κ3) is 3.48. The van der Waals surface area contributed by atoms with Crippen LogP contribution in [0.4, 0.5) is 5.69 Å². The number of anilines is 1. The molecule has 0 fully saturated rings. The molecular weight excluding hydrogens is 282 g/mol. The van der Waals surface area contributed by atoms with Gasteiger partial charge < -0.3 is 5.32 Å². The Morgan fingerprint density at radius 3 is 1.94 bits per heavy atom. The van der Waals surface area contributed by atoms with Crippen LogP contribution in [-0.2, 0) is 0 Å². The summed E-state index contributed by atoms with van der Waals surface area (Å²) in [5.74, 6) is -0.187. The van der Waals surface area contributed by atoms with E-state index in [1.54, 1.807) is 30.3 Å². The Labute approximate surface area is 122 Å². The zero-order valence-corrected chi connectivity index (χ0v) is 12.0. The first kappa shape index (κ1) is 13.4. The predicted octanol–water partition coefficient (Wildman–Crippen LogP) is 3.80. The fourth-order valence-corrected chi connectivity index (χ4v) is 2.28. The number of amides is 1. The minimum Gasteiger partial charge on any atom is -0.322 e. The van der Waals surface area contributed by atoms with E-state index in [-0.39, 0.29) is 5.91 Å². The Morgan fingerprint density at radius 2 is 1.39 bits per heavy atom. The molecule has 0 saturated carbocycles. The van der Waals surface area contributed by atoms with E-state index in [0.29, 0.717) is 15.4 Å². The monoisotopic (exact) mass is 293 g/mol. The van der Waals surface area contributed by atoms with Gasteiger partial charge in [-0.25, -0.2) is 0 Å². The number of carbonyl (C=O) groups is 1. The molecule has 0 unspecified atom stereocenters. The van der Waals surface area contributed by atoms with Crippen molar-refractivity contribution in [1.29, 1.82) is 0 Å². The summed E-state index contributed by atoms with van der Waals surface area (Å²) in [7, 11) is 0. The lowest BCUT2D eigenvalue weighted by molar-refractivity contribution is 0.102. The molecule has 2 aromatic rings. The van der Waals surface area contributed by atoms with E-state index in [2.05, 4.69) is 43.2 Å². The summed E-state index contributed by atoms with van der Waals surface area (Å²) < 4.78 is 0. The van der Waals surface area contributed by atoms with E-state index in [1.165, 1.54) is 0 Å². The molecule has 92 valence electrons. The van der Waals surface area contributed by atoms with Crippen molar-refractivity contribution in [2.75, 3.05) is 5.32 Å². The summed E-state index contributed by atoms with van der Waals surface area (Å²) in [4.78, 5) is 14.3. The third-order valence-electron chi connectivity index (χ3n) is 2.29. The molecule has 2 rings (SSSR count). The number of carbonyl (C=O) groups excluding carboxylic acids is 1. The van der Waals surface area contributed by atoms with E-state index in [0.717, 1.165) is 10.6 Å². The van der Waals surface area contributed by atoms with Crippen LogP contribution in [0.15, 0.2) is 57.2 Å². The summed E-state index contributed by atoms with van der Waals surface area (Å²) in [6.07, 6.45) is 0. The van der Waals surface area contributed by atoms with Crippen LogP contribution in [0, 0.1) is 0 Å². The molecule has 0 spiro atoms. The van der Waals surface area contributed by atoms with Crippen molar-refractivity contribution in [1.82, 2.24) is 0 Å². The number of rotatable bonds is 2. The maximum Gasteiger partial charge on any atom is 0.255 e. The zero-order chi connectivity index (χ0) is 13.1. The van der Waals surface area contributed by atoms with Gasteiger partial charge in [0.2, 0.25) is 0 Å². The molecule has 0 atom stereocenters. The Balaban J connectivity index is 2.19. The van der Waals surface area contributed by atoms with Gasteiger partial charge in [-0.1, -0.05) is 0 Å². The number of hydrogen-bond donors (Lipinski definition) is 4. The van der Waals surface area contributed by atoms with E-state index in [1.807, 2.05) is 12.1 Å². The zero-order valence-electron chi connectivity index (χ0n) is 9.29. The second kappa shape index (κ2) is 5.73. The van der Waals surface area contributed by atoms with Crippen LogP contribution in [0.3, 0.4) is 0 Å². The van der Waals surface area contributed by atoms with Crippen molar-refractivity contribution in [3.05, 3.63) is 48.0 Å². The first-order chi connectivity index (χ1) is 8.54. The van der Waals surface area contributed by atoms with Crippen LogP contribution in [0.25, 0.3) is 0 Å². The first-order valence-electron chi connectivity index (χ1n) is 5.18. The lowest BCUT2D eigenvalue weighted by Gasteiger charge is -2.06. The molecule has 0 aliphatic carbocycles. The second-order valence-electron chi connectivity index (χ2n) is 3.74. The number of hydrogen-bond acceptors (Lipinski definition) is 4. The van der Waals surface area contributed by atoms with Crippen LogP contribution >= 0.6 is 37.9 Å². The van der Waals surface area contributed by atoms with Gasteiger partial charge in [0.15, 0.2) is 0 Å². The van der Waals surface area contributed by atoms with Gasteiger partial charge in [0.25, 0.3) is 5.91 Å². The average Bonchev–Trinajstić information content (AvgIpc) is 2.31. The average molecular weight is 293 g/mol. The van der Waals surface area contributed by atoms with Crippen molar-refractivity contribution < 1.29 is 4.79 Å². The summed E-state index contributed by atoms with van der Waals surface area (Å²) in [6, 6.07) is 12.4. The Morgan fingerprint density at radius 1 is 0.833 bits per heavy atom. The number of nitrogens with one attached hydrogen (secondary N) is 1. The lowest BCUT2D eigenvalue weighted by Crippen LogP contribution is -2.11. The van der Waals surface area contributed by atoms with Gasteiger partial charge in [0, 0.05) is 25.9 Å². The quantitative estimate of drug-likeness (QED) is 0.623. The first-order valence-corrected chi connectivity index (χ1v) is 6.52. The van der Waals surface area contributed by atoms with Crippen molar-refractivity contribution in [2.45, 2.75) is 14.7 Å². The standard InChI is InChI=1S/C13H11NOS3/c15-13(8-5-11(17)7-12(18)6-8)14-9-1-3-10(16)4-2-9/h1-7,16-18H,(H,14,15). The molecule has 5 heteroatoms. The predicted molar refractivity (Wildman–Crippen MR) is 82.6 cm³/mol. The van der Waals surface area contributed by atoms with Crippen LogP contribution in [0.1, 0.15) is 10.4 Å². The second-order valence-corrected chi connectivity index (χ2v) is 5.29.